The molecule has 0 spiro atoms. The number of carbonyl (C=O) groups is 3. The standard InChI is InChI=1S/C19H18FN3O5S/c20-16-6-5-15(29-16)18(25)21-9-14-10-23(19(26)28-14)13-3-1-12(2-4-13)22-7-8-27-11-17(22)24/h1-6,14H,7-11H2,(H,21,25). The summed E-state index contributed by atoms with van der Waals surface area (Å²) >= 11 is 0.757. The first-order valence-corrected chi connectivity index (χ1v) is 9.83. The smallest absolute Gasteiger partial charge is 0.414 e. The molecule has 0 bridgehead atoms. The van der Waals surface area contributed by atoms with Crippen LogP contribution in [0.2, 0.25) is 0 Å². The van der Waals surface area contributed by atoms with E-state index in [1.165, 1.54) is 17.0 Å². The van der Waals surface area contributed by atoms with Gasteiger partial charge in [-0.1, -0.05) is 0 Å². The number of cyclic esters (lactones) is 1. The minimum Gasteiger partial charge on any atom is -0.442 e. The van der Waals surface area contributed by atoms with Crippen molar-refractivity contribution >= 4 is 40.6 Å². The summed E-state index contributed by atoms with van der Waals surface area (Å²) < 4.78 is 23.5. The number of hydrogen-bond donors (Lipinski definition) is 1. The van der Waals surface area contributed by atoms with E-state index >= 15 is 0 Å². The number of thiophene rings is 1. The van der Waals surface area contributed by atoms with E-state index in [0.717, 1.165) is 17.0 Å². The van der Waals surface area contributed by atoms with Gasteiger partial charge in [0.1, 0.15) is 12.7 Å². The molecule has 4 rings (SSSR count). The molecular formula is C19H18FN3O5S. The van der Waals surface area contributed by atoms with Crippen molar-refractivity contribution in [3.05, 3.63) is 46.4 Å². The van der Waals surface area contributed by atoms with E-state index in [1.807, 2.05) is 0 Å². The van der Waals surface area contributed by atoms with Crippen molar-refractivity contribution in [3.63, 3.8) is 0 Å². The normalized spacial score (nSPS) is 19.4. The first-order chi connectivity index (χ1) is 14.0. The van der Waals surface area contributed by atoms with Crippen LogP contribution in [0.4, 0.5) is 20.6 Å². The molecule has 2 fully saturated rings. The fourth-order valence-corrected chi connectivity index (χ4v) is 3.82. The van der Waals surface area contributed by atoms with Crippen molar-refractivity contribution in [2.75, 3.05) is 42.6 Å². The second-order valence-electron chi connectivity index (χ2n) is 6.54. The average molecular weight is 419 g/mol. The molecule has 2 saturated heterocycles. The first kappa shape index (κ1) is 19.3. The summed E-state index contributed by atoms with van der Waals surface area (Å²) in [6.07, 6.45) is -1.03. The highest BCUT2D eigenvalue weighted by atomic mass is 32.1. The maximum absolute atomic E-state index is 13.0. The number of nitrogens with zero attached hydrogens (tertiary/aromatic N) is 2. The van der Waals surface area contributed by atoms with Crippen molar-refractivity contribution in [1.29, 1.82) is 0 Å². The topological polar surface area (TPSA) is 88.2 Å². The Kier molecular flexibility index (Phi) is 5.45. The number of rotatable bonds is 5. The highest BCUT2D eigenvalue weighted by Crippen LogP contribution is 2.25. The Balaban J connectivity index is 1.35. The Hall–Kier alpha value is -2.98. The lowest BCUT2D eigenvalue weighted by Crippen LogP contribution is -2.41. The van der Waals surface area contributed by atoms with E-state index in [0.29, 0.717) is 18.8 Å². The third-order valence-corrected chi connectivity index (χ3v) is 5.49. The number of nitrogens with one attached hydrogen (secondary N) is 1. The lowest BCUT2D eigenvalue weighted by molar-refractivity contribution is -0.125. The molecule has 2 aliphatic heterocycles. The van der Waals surface area contributed by atoms with Gasteiger partial charge in [0.25, 0.3) is 11.8 Å². The van der Waals surface area contributed by atoms with E-state index in [4.69, 9.17) is 9.47 Å². The van der Waals surface area contributed by atoms with E-state index in [-0.39, 0.29) is 30.5 Å². The SMILES string of the molecule is O=C(NCC1CN(c2ccc(N3CCOCC3=O)cc2)C(=O)O1)c1ccc(F)s1. The zero-order valence-electron chi connectivity index (χ0n) is 15.3. The van der Waals surface area contributed by atoms with Gasteiger partial charge in [0.15, 0.2) is 5.13 Å². The van der Waals surface area contributed by atoms with Gasteiger partial charge >= 0.3 is 6.09 Å². The van der Waals surface area contributed by atoms with Gasteiger partial charge in [0.2, 0.25) is 0 Å². The monoisotopic (exact) mass is 419 g/mol. The molecule has 0 radical (unpaired) electrons. The van der Waals surface area contributed by atoms with Crippen LogP contribution in [0, 0.1) is 5.13 Å². The van der Waals surface area contributed by atoms with Crippen LogP contribution in [0.3, 0.4) is 0 Å². The Labute approximate surface area is 169 Å². The second-order valence-corrected chi connectivity index (χ2v) is 7.58. The average Bonchev–Trinajstić information content (AvgIpc) is 3.32. The van der Waals surface area contributed by atoms with Crippen LogP contribution >= 0.6 is 11.3 Å². The van der Waals surface area contributed by atoms with E-state index in [1.54, 1.807) is 29.2 Å². The van der Waals surface area contributed by atoms with E-state index in [9.17, 15) is 18.8 Å². The molecule has 1 unspecified atom stereocenters. The number of amides is 3. The third kappa shape index (κ3) is 4.22. The maximum Gasteiger partial charge on any atom is 0.414 e. The molecule has 2 aromatic rings. The zero-order chi connectivity index (χ0) is 20.4. The Bertz CT molecular complexity index is 932. The Morgan fingerprint density at radius 3 is 2.52 bits per heavy atom. The summed E-state index contributed by atoms with van der Waals surface area (Å²) in [7, 11) is 0. The summed E-state index contributed by atoms with van der Waals surface area (Å²) in [5.41, 5.74) is 1.37. The number of anilines is 2. The highest BCUT2D eigenvalue weighted by Gasteiger charge is 2.33. The van der Waals surface area contributed by atoms with Crippen molar-refractivity contribution in [3.8, 4) is 0 Å². The molecule has 1 N–H and O–H groups in total. The Morgan fingerprint density at radius 2 is 1.86 bits per heavy atom. The molecule has 1 aromatic heterocycles. The second kappa shape index (κ2) is 8.18. The third-order valence-electron chi connectivity index (χ3n) is 4.62. The summed E-state index contributed by atoms with van der Waals surface area (Å²) in [6.45, 7) is 1.43. The molecule has 1 aromatic carbocycles. The van der Waals surface area contributed by atoms with Crippen LogP contribution in [0.15, 0.2) is 36.4 Å². The molecule has 3 heterocycles. The summed E-state index contributed by atoms with van der Waals surface area (Å²) in [5, 5.41) is 2.21. The number of carbonyl (C=O) groups excluding carboxylic acids is 3. The van der Waals surface area contributed by atoms with Crippen molar-refractivity contribution < 1.29 is 28.2 Å². The molecule has 29 heavy (non-hydrogen) atoms. The summed E-state index contributed by atoms with van der Waals surface area (Å²) in [4.78, 5) is 39.5. The van der Waals surface area contributed by atoms with Gasteiger partial charge in [-0.3, -0.25) is 14.5 Å². The van der Waals surface area contributed by atoms with Crippen LogP contribution in [-0.2, 0) is 14.3 Å². The van der Waals surface area contributed by atoms with Crippen molar-refractivity contribution in [2.45, 2.75) is 6.10 Å². The molecule has 2 aliphatic rings. The Morgan fingerprint density at radius 1 is 1.14 bits per heavy atom. The van der Waals surface area contributed by atoms with Crippen LogP contribution in [0.25, 0.3) is 0 Å². The van der Waals surface area contributed by atoms with Crippen LogP contribution in [0.5, 0.6) is 0 Å². The first-order valence-electron chi connectivity index (χ1n) is 9.01. The molecule has 8 nitrogen and oxygen atoms in total. The molecule has 0 saturated carbocycles. The molecular weight excluding hydrogens is 401 g/mol. The predicted molar refractivity (Wildman–Crippen MR) is 104 cm³/mol. The number of ether oxygens (including phenoxy) is 2. The van der Waals surface area contributed by atoms with Gasteiger partial charge in [0.05, 0.1) is 24.6 Å². The molecule has 152 valence electrons. The fourth-order valence-electron chi connectivity index (χ4n) is 3.17. The van der Waals surface area contributed by atoms with Crippen LogP contribution in [-0.4, -0.2) is 56.9 Å². The lowest BCUT2D eigenvalue weighted by Gasteiger charge is -2.27. The van der Waals surface area contributed by atoms with E-state index < -0.39 is 23.2 Å². The largest absolute Gasteiger partial charge is 0.442 e. The number of hydrogen-bond acceptors (Lipinski definition) is 6. The fraction of sp³-hybridized carbons (Fsp3) is 0.316. The number of morpholine rings is 1. The highest BCUT2D eigenvalue weighted by molar-refractivity contribution is 7.12. The quantitative estimate of drug-likeness (QED) is 0.801. The predicted octanol–water partition coefficient (Wildman–Crippen LogP) is 2.01. The molecule has 1 atom stereocenters. The number of benzene rings is 1. The lowest BCUT2D eigenvalue weighted by atomic mass is 10.2. The minimum atomic E-state index is -0.517. The van der Waals surface area contributed by atoms with Crippen LogP contribution < -0.4 is 15.1 Å². The van der Waals surface area contributed by atoms with Gasteiger partial charge in [-0.25, -0.2) is 4.79 Å². The van der Waals surface area contributed by atoms with Crippen molar-refractivity contribution in [1.82, 2.24) is 5.32 Å². The van der Waals surface area contributed by atoms with Crippen molar-refractivity contribution in [2.24, 2.45) is 0 Å². The van der Waals surface area contributed by atoms with Gasteiger partial charge in [-0.15, -0.1) is 11.3 Å². The molecule has 0 aliphatic carbocycles. The minimum absolute atomic E-state index is 0.0612. The van der Waals surface area contributed by atoms with Gasteiger partial charge in [0, 0.05) is 17.9 Å². The van der Waals surface area contributed by atoms with Crippen LogP contribution in [0.1, 0.15) is 9.67 Å². The summed E-state index contributed by atoms with van der Waals surface area (Å²) in [5.74, 6) is -0.515. The molecule has 3 amide bonds. The summed E-state index contributed by atoms with van der Waals surface area (Å²) in [6, 6.07) is 9.66. The number of halogens is 1. The van der Waals surface area contributed by atoms with Gasteiger partial charge in [-0.2, -0.15) is 4.39 Å². The van der Waals surface area contributed by atoms with Gasteiger partial charge < -0.3 is 19.7 Å². The van der Waals surface area contributed by atoms with E-state index in [2.05, 4.69) is 5.32 Å². The van der Waals surface area contributed by atoms with Gasteiger partial charge in [-0.05, 0) is 36.4 Å². The maximum atomic E-state index is 13.0. The molecule has 10 heteroatoms. The zero-order valence-corrected chi connectivity index (χ0v) is 16.1.